The summed E-state index contributed by atoms with van der Waals surface area (Å²) in [5.41, 5.74) is 1.52. The van der Waals surface area contributed by atoms with Crippen molar-refractivity contribution >= 4 is 11.3 Å². The van der Waals surface area contributed by atoms with E-state index in [2.05, 4.69) is 29.2 Å². The molecule has 4 atom stereocenters. The highest BCUT2D eigenvalue weighted by Crippen LogP contribution is 2.50. The van der Waals surface area contributed by atoms with E-state index in [1.54, 1.807) is 6.42 Å². The van der Waals surface area contributed by atoms with Crippen LogP contribution in [-0.2, 0) is 6.42 Å². The lowest BCUT2D eigenvalue weighted by atomic mass is 9.83. The van der Waals surface area contributed by atoms with Gasteiger partial charge < -0.3 is 5.32 Å². The van der Waals surface area contributed by atoms with Crippen molar-refractivity contribution in [3.63, 3.8) is 0 Å². The van der Waals surface area contributed by atoms with Gasteiger partial charge in [0.1, 0.15) is 0 Å². The van der Waals surface area contributed by atoms with Crippen LogP contribution in [-0.4, -0.2) is 13.1 Å². The van der Waals surface area contributed by atoms with E-state index in [1.165, 1.54) is 44.1 Å². The van der Waals surface area contributed by atoms with Crippen molar-refractivity contribution in [1.82, 2.24) is 5.32 Å². The normalized spacial score (nSPS) is 31.9. The highest BCUT2D eigenvalue weighted by molar-refractivity contribution is 7.07. The van der Waals surface area contributed by atoms with Crippen LogP contribution in [0.5, 0.6) is 0 Å². The van der Waals surface area contributed by atoms with E-state index in [0.717, 1.165) is 23.8 Å². The smallest absolute Gasteiger partial charge is 0.00699 e. The first-order valence-corrected chi connectivity index (χ1v) is 8.47. The van der Waals surface area contributed by atoms with Crippen molar-refractivity contribution in [2.75, 3.05) is 7.05 Å². The molecule has 3 rings (SSSR count). The topological polar surface area (TPSA) is 12.0 Å². The molecule has 2 bridgehead atoms. The van der Waals surface area contributed by atoms with E-state index in [0.29, 0.717) is 0 Å². The van der Waals surface area contributed by atoms with Crippen LogP contribution in [0.4, 0.5) is 0 Å². The molecule has 0 amide bonds. The Hall–Kier alpha value is -0.340. The summed E-state index contributed by atoms with van der Waals surface area (Å²) < 4.78 is 0. The van der Waals surface area contributed by atoms with Crippen molar-refractivity contribution in [1.29, 1.82) is 0 Å². The molecular weight excluding hydrogens is 238 g/mol. The summed E-state index contributed by atoms with van der Waals surface area (Å²) in [6, 6.07) is 3.00. The van der Waals surface area contributed by atoms with Crippen LogP contribution in [0.25, 0.3) is 0 Å². The van der Waals surface area contributed by atoms with E-state index >= 15 is 0 Å². The molecule has 1 nitrogen and oxygen atoms in total. The fourth-order valence-corrected chi connectivity index (χ4v) is 4.89. The lowest BCUT2D eigenvalue weighted by Crippen LogP contribution is -2.30. The molecule has 4 unspecified atom stereocenters. The molecule has 18 heavy (non-hydrogen) atoms. The molecule has 2 aliphatic rings. The first-order chi connectivity index (χ1) is 8.85. The third kappa shape index (κ3) is 2.80. The highest BCUT2D eigenvalue weighted by Gasteiger charge is 2.39. The van der Waals surface area contributed by atoms with Crippen molar-refractivity contribution in [2.45, 2.75) is 51.0 Å². The van der Waals surface area contributed by atoms with Gasteiger partial charge in [0.25, 0.3) is 0 Å². The molecule has 1 N–H and O–H groups in total. The first-order valence-electron chi connectivity index (χ1n) is 7.53. The zero-order valence-electron chi connectivity index (χ0n) is 11.4. The number of hydrogen-bond acceptors (Lipinski definition) is 2. The van der Waals surface area contributed by atoms with E-state index < -0.39 is 0 Å². The number of aryl methyl sites for hydroxylation is 1. The van der Waals surface area contributed by atoms with Gasteiger partial charge in [-0.25, -0.2) is 0 Å². The maximum atomic E-state index is 3.55. The molecule has 0 radical (unpaired) electrons. The van der Waals surface area contributed by atoms with Crippen LogP contribution in [0.2, 0.25) is 0 Å². The lowest BCUT2D eigenvalue weighted by molar-refractivity contribution is 0.277. The van der Waals surface area contributed by atoms with Gasteiger partial charge in [-0.3, -0.25) is 0 Å². The van der Waals surface area contributed by atoms with Gasteiger partial charge in [0.15, 0.2) is 0 Å². The summed E-state index contributed by atoms with van der Waals surface area (Å²) in [6.07, 6.45) is 10.1. The Morgan fingerprint density at radius 3 is 2.94 bits per heavy atom. The summed E-state index contributed by atoms with van der Waals surface area (Å²) in [7, 11) is 2.14. The van der Waals surface area contributed by atoms with Gasteiger partial charge in [0.05, 0.1) is 0 Å². The van der Waals surface area contributed by atoms with Crippen molar-refractivity contribution in [2.24, 2.45) is 17.8 Å². The number of hydrogen-bond donors (Lipinski definition) is 1. The van der Waals surface area contributed by atoms with Gasteiger partial charge in [-0.15, -0.1) is 0 Å². The van der Waals surface area contributed by atoms with Crippen LogP contribution in [0.3, 0.4) is 0 Å². The van der Waals surface area contributed by atoms with Crippen LogP contribution < -0.4 is 5.32 Å². The minimum absolute atomic E-state index is 0.731. The molecule has 0 aromatic carbocycles. The molecule has 2 aliphatic carbocycles. The van der Waals surface area contributed by atoms with Gasteiger partial charge in [-0.2, -0.15) is 11.3 Å². The minimum Gasteiger partial charge on any atom is -0.317 e. The van der Waals surface area contributed by atoms with Crippen molar-refractivity contribution in [3.05, 3.63) is 22.4 Å². The third-order valence-corrected chi connectivity index (χ3v) is 5.97. The molecule has 0 aliphatic heterocycles. The average Bonchev–Trinajstić information content (AvgIpc) is 3.10. The average molecular weight is 263 g/mol. The molecule has 1 heterocycles. The van der Waals surface area contributed by atoms with E-state index in [-0.39, 0.29) is 0 Å². The second-order valence-electron chi connectivity index (χ2n) is 6.33. The summed E-state index contributed by atoms with van der Waals surface area (Å²) >= 11 is 1.82. The fraction of sp³-hybridized carbons (Fsp3) is 0.750. The van der Waals surface area contributed by atoms with Crippen LogP contribution in [0.15, 0.2) is 16.8 Å². The minimum atomic E-state index is 0.731. The van der Waals surface area contributed by atoms with E-state index in [9.17, 15) is 0 Å². The summed E-state index contributed by atoms with van der Waals surface area (Å²) in [6.45, 7) is 0. The highest BCUT2D eigenvalue weighted by atomic mass is 32.1. The Balaban J connectivity index is 1.47. The zero-order valence-corrected chi connectivity index (χ0v) is 12.2. The monoisotopic (exact) mass is 263 g/mol. The number of thiophene rings is 1. The van der Waals surface area contributed by atoms with Crippen LogP contribution in [0.1, 0.15) is 44.1 Å². The molecule has 2 saturated carbocycles. The summed E-state index contributed by atoms with van der Waals surface area (Å²) in [5.74, 6) is 3.20. The van der Waals surface area contributed by atoms with Crippen LogP contribution >= 0.6 is 11.3 Å². The SMILES string of the molecule is CNC(CCc1ccsc1)CC1CC2CCC1C2. The molecule has 0 saturated heterocycles. The maximum Gasteiger partial charge on any atom is 0.00699 e. The number of nitrogens with one attached hydrogen (secondary N) is 1. The van der Waals surface area contributed by atoms with Gasteiger partial charge in [0.2, 0.25) is 0 Å². The van der Waals surface area contributed by atoms with Gasteiger partial charge in [-0.05, 0) is 85.7 Å². The quantitative estimate of drug-likeness (QED) is 0.815. The largest absolute Gasteiger partial charge is 0.317 e. The van der Waals surface area contributed by atoms with Gasteiger partial charge in [0, 0.05) is 6.04 Å². The molecular formula is C16H25NS. The molecule has 1 aromatic rings. The summed E-state index contributed by atoms with van der Waals surface area (Å²) in [4.78, 5) is 0. The molecule has 100 valence electrons. The van der Waals surface area contributed by atoms with Crippen LogP contribution in [0, 0.1) is 17.8 Å². The predicted octanol–water partition coefficient (Wildman–Crippen LogP) is 4.10. The third-order valence-electron chi connectivity index (χ3n) is 5.24. The van der Waals surface area contributed by atoms with E-state index in [1.807, 2.05) is 11.3 Å². The second-order valence-corrected chi connectivity index (χ2v) is 7.11. The number of rotatable bonds is 6. The standard InChI is InChI=1S/C16H25NS/c1-17-16(5-3-12-6-7-18-11-12)10-15-9-13-2-4-14(15)8-13/h6-7,11,13-17H,2-5,8-10H2,1H3. The molecule has 0 spiro atoms. The number of fused-ring (bicyclic) bond motifs is 2. The first kappa shape index (κ1) is 12.7. The fourth-order valence-electron chi connectivity index (χ4n) is 4.19. The van der Waals surface area contributed by atoms with E-state index in [4.69, 9.17) is 0 Å². The van der Waals surface area contributed by atoms with Crippen molar-refractivity contribution < 1.29 is 0 Å². The lowest BCUT2D eigenvalue weighted by Gasteiger charge is -2.26. The Labute approximate surface area is 115 Å². The summed E-state index contributed by atoms with van der Waals surface area (Å²) in [5, 5.41) is 8.04. The molecule has 2 heteroatoms. The Morgan fingerprint density at radius 2 is 2.33 bits per heavy atom. The van der Waals surface area contributed by atoms with Crippen molar-refractivity contribution in [3.8, 4) is 0 Å². The molecule has 1 aromatic heterocycles. The Kier molecular flexibility index (Phi) is 4.05. The maximum absolute atomic E-state index is 3.55. The Morgan fingerprint density at radius 1 is 1.39 bits per heavy atom. The zero-order chi connectivity index (χ0) is 12.4. The predicted molar refractivity (Wildman–Crippen MR) is 79.0 cm³/mol. The van der Waals surface area contributed by atoms with Gasteiger partial charge >= 0.3 is 0 Å². The van der Waals surface area contributed by atoms with Gasteiger partial charge in [-0.1, -0.05) is 6.42 Å². The molecule has 2 fully saturated rings. The second kappa shape index (κ2) is 5.75. The Bertz CT molecular complexity index is 359.